The van der Waals surface area contributed by atoms with Crippen LogP contribution in [0.1, 0.15) is 28.4 Å². The summed E-state index contributed by atoms with van der Waals surface area (Å²) in [4.78, 5) is 11.4. The molecule has 0 aromatic heterocycles. The molecule has 0 unspecified atom stereocenters. The van der Waals surface area contributed by atoms with E-state index < -0.39 is 0 Å². The number of nitriles is 1. The lowest BCUT2D eigenvalue weighted by Gasteiger charge is -2.02. The minimum absolute atomic E-state index is 0.0517. The summed E-state index contributed by atoms with van der Waals surface area (Å²) < 4.78 is 0. The lowest BCUT2D eigenvalue weighted by Crippen LogP contribution is -2.03. The van der Waals surface area contributed by atoms with Crippen molar-refractivity contribution in [2.45, 2.75) is 13.3 Å². The van der Waals surface area contributed by atoms with Crippen LogP contribution in [-0.2, 0) is 6.42 Å². The van der Waals surface area contributed by atoms with Gasteiger partial charge in [0, 0.05) is 5.56 Å². The summed E-state index contributed by atoms with van der Waals surface area (Å²) in [5.41, 5.74) is 2.04. The molecule has 14 heavy (non-hydrogen) atoms. The fourth-order valence-corrected chi connectivity index (χ4v) is 1.52. The van der Waals surface area contributed by atoms with Gasteiger partial charge >= 0.3 is 0 Å². The minimum Gasteiger partial charge on any atom is -0.293 e. The van der Waals surface area contributed by atoms with Gasteiger partial charge in [-0.1, -0.05) is 28.9 Å². The van der Waals surface area contributed by atoms with Crippen LogP contribution >= 0.6 is 15.9 Å². The Balaban J connectivity index is 3.20. The van der Waals surface area contributed by atoms with Gasteiger partial charge in [0.2, 0.25) is 0 Å². The number of ketones is 1. The highest BCUT2D eigenvalue weighted by molar-refractivity contribution is 9.09. The molecule has 3 heteroatoms. The zero-order chi connectivity index (χ0) is 10.6. The Morgan fingerprint density at radius 1 is 1.57 bits per heavy atom. The van der Waals surface area contributed by atoms with E-state index in [-0.39, 0.29) is 11.1 Å². The topological polar surface area (TPSA) is 40.9 Å². The average molecular weight is 252 g/mol. The van der Waals surface area contributed by atoms with Crippen LogP contribution in [0.15, 0.2) is 18.2 Å². The van der Waals surface area contributed by atoms with Crippen LogP contribution in [0.5, 0.6) is 0 Å². The van der Waals surface area contributed by atoms with Crippen LogP contribution in [0.2, 0.25) is 0 Å². The third kappa shape index (κ3) is 2.21. The summed E-state index contributed by atoms with van der Waals surface area (Å²) in [6.45, 7) is 2.02. The second-order valence-electron chi connectivity index (χ2n) is 2.90. The Hall–Kier alpha value is -1.14. The number of aryl methyl sites for hydroxylation is 1. The van der Waals surface area contributed by atoms with Gasteiger partial charge in [-0.15, -0.1) is 0 Å². The van der Waals surface area contributed by atoms with Gasteiger partial charge in [-0.3, -0.25) is 4.79 Å². The third-order valence-electron chi connectivity index (χ3n) is 2.03. The molecule has 0 radical (unpaired) electrons. The Kier molecular flexibility index (Phi) is 3.84. The molecule has 72 valence electrons. The highest BCUT2D eigenvalue weighted by atomic mass is 79.9. The number of benzene rings is 1. The van der Waals surface area contributed by atoms with E-state index >= 15 is 0 Å². The Morgan fingerprint density at radius 2 is 2.29 bits per heavy atom. The summed E-state index contributed by atoms with van der Waals surface area (Å²) in [5.74, 6) is -0.0517. The predicted octanol–water partition coefficient (Wildman–Crippen LogP) is 2.70. The van der Waals surface area contributed by atoms with Gasteiger partial charge in [0.15, 0.2) is 5.78 Å². The van der Waals surface area contributed by atoms with Crippen LogP contribution in [0, 0.1) is 11.3 Å². The maximum absolute atomic E-state index is 11.4. The van der Waals surface area contributed by atoms with Gasteiger partial charge in [-0.2, -0.15) is 5.26 Å². The van der Waals surface area contributed by atoms with E-state index in [0.717, 1.165) is 12.0 Å². The van der Waals surface area contributed by atoms with E-state index in [9.17, 15) is 4.79 Å². The van der Waals surface area contributed by atoms with Gasteiger partial charge < -0.3 is 0 Å². The standard InChI is InChI=1S/C11H10BrNO/c1-2-8-3-4-10(11(14)6-12)9(5-8)7-13/h3-5H,2,6H2,1H3. The highest BCUT2D eigenvalue weighted by Crippen LogP contribution is 2.13. The number of Topliss-reactive ketones (excluding diaryl/α,β-unsaturated/α-hetero) is 1. The first kappa shape index (κ1) is 10.9. The number of nitrogens with zero attached hydrogens (tertiary/aromatic N) is 1. The molecule has 1 aromatic rings. The summed E-state index contributed by atoms with van der Waals surface area (Å²) in [7, 11) is 0. The summed E-state index contributed by atoms with van der Waals surface area (Å²) in [5, 5.41) is 9.12. The zero-order valence-corrected chi connectivity index (χ0v) is 9.47. The van der Waals surface area contributed by atoms with E-state index in [1.807, 2.05) is 19.1 Å². The number of alkyl halides is 1. The molecular formula is C11H10BrNO. The second kappa shape index (κ2) is 4.92. The van der Waals surface area contributed by atoms with Crippen LogP contribution in [-0.4, -0.2) is 11.1 Å². The van der Waals surface area contributed by atoms with Crippen molar-refractivity contribution in [1.82, 2.24) is 0 Å². The van der Waals surface area contributed by atoms with Crippen molar-refractivity contribution in [3.63, 3.8) is 0 Å². The van der Waals surface area contributed by atoms with Crippen molar-refractivity contribution >= 4 is 21.7 Å². The second-order valence-corrected chi connectivity index (χ2v) is 3.46. The molecule has 0 aliphatic rings. The molecular weight excluding hydrogens is 242 g/mol. The van der Waals surface area contributed by atoms with Gasteiger partial charge in [0.05, 0.1) is 17.0 Å². The minimum atomic E-state index is -0.0517. The summed E-state index contributed by atoms with van der Waals surface area (Å²) >= 11 is 3.09. The largest absolute Gasteiger partial charge is 0.293 e. The van der Waals surface area contributed by atoms with Gasteiger partial charge in [-0.25, -0.2) is 0 Å². The lowest BCUT2D eigenvalue weighted by atomic mass is 10.0. The van der Waals surface area contributed by atoms with E-state index in [4.69, 9.17) is 5.26 Å². The smallest absolute Gasteiger partial charge is 0.174 e. The van der Waals surface area contributed by atoms with E-state index in [1.54, 1.807) is 12.1 Å². The molecule has 0 atom stereocenters. The molecule has 0 saturated carbocycles. The number of hydrogen-bond donors (Lipinski definition) is 0. The quantitative estimate of drug-likeness (QED) is 0.613. The maximum atomic E-state index is 11.4. The number of carbonyl (C=O) groups is 1. The lowest BCUT2D eigenvalue weighted by molar-refractivity contribution is 0.102. The molecule has 0 bridgehead atoms. The predicted molar refractivity (Wildman–Crippen MR) is 58.7 cm³/mol. The van der Waals surface area contributed by atoms with E-state index in [1.165, 1.54) is 0 Å². The first-order valence-electron chi connectivity index (χ1n) is 4.35. The van der Waals surface area contributed by atoms with Crippen LogP contribution < -0.4 is 0 Å². The Morgan fingerprint density at radius 3 is 2.79 bits per heavy atom. The number of halogens is 1. The molecule has 0 spiro atoms. The van der Waals surface area contributed by atoms with Crippen LogP contribution in [0.25, 0.3) is 0 Å². The van der Waals surface area contributed by atoms with Crippen molar-refractivity contribution in [1.29, 1.82) is 5.26 Å². The fraction of sp³-hybridized carbons (Fsp3) is 0.273. The van der Waals surface area contributed by atoms with Gasteiger partial charge in [0.1, 0.15) is 0 Å². The first-order valence-corrected chi connectivity index (χ1v) is 5.47. The molecule has 2 nitrogen and oxygen atoms in total. The Labute approximate surface area is 91.7 Å². The van der Waals surface area contributed by atoms with E-state index in [0.29, 0.717) is 11.1 Å². The molecule has 0 saturated heterocycles. The fourth-order valence-electron chi connectivity index (χ4n) is 1.22. The molecule has 0 aliphatic carbocycles. The normalized spacial score (nSPS) is 9.50. The SMILES string of the molecule is CCc1ccc(C(=O)CBr)c(C#N)c1. The maximum Gasteiger partial charge on any atom is 0.174 e. The Bertz CT molecular complexity index is 393. The molecule has 0 heterocycles. The van der Waals surface area contributed by atoms with Gasteiger partial charge in [-0.05, 0) is 24.1 Å². The number of carbonyl (C=O) groups excluding carboxylic acids is 1. The van der Waals surface area contributed by atoms with Crippen molar-refractivity contribution in [3.05, 3.63) is 34.9 Å². The van der Waals surface area contributed by atoms with Crippen molar-refractivity contribution in [2.24, 2.45) is 0 Å². The van der Waals surface area contributed by atoms with Gasteiger partial charge in [0.25, 0.3) is 0 Å². The van der Waals surface area contributed by atoms with E-state index in [2.05, 4.69) is 15.9 Å². The van der Waals surface area contributed by atoms with Crippen molar-refractivity contribution in [2.75, 3.05) is 5.33 Å². The van der Waals surface area contributed by atoms with Crippen molar-refractivity contribution < 1.29 is 4.79 Å². The summed E-state index contributed by atoms with van der Waals surface area (Å²) in [6.07, 6.45) is 0.872. The molecule has 1 aromatic carbocycles. The molecule has 0 aliphatic heterocycles. The monoisotopic (exact) mass is 251 g/mol. The first-order chi connectivity index (χ1) is 6.72. The highest BCUT2D eigenvalue weighted by Gasteiger charge is 2.09. The molecule has 1 rings (SSSR count). The average Bonchev–Trinajstić information content (AvgIpc) is 2.27. The summed E-state index contributed by atoms with van der Waals surface area (Å²) in [6, 6.07) is 7.43. The molecule has 0 fully saturated rings. The van der Waals surface area contributed by atoms with Crippen LogP contribution in [0.3, 0.4) is 0 Å². The number of rotatable bonds is 3. The number of hydrogen-bond acceptors (Lipinski definition) is 2. The molecule has 0 amide bonds. The zero-order valence-electron chi connectivity index (χ0n) is 7.88. The van der Waals surface area contributed by atoms with Crippen molar-refractivity contribution in [3.8, 4) is 6.07 Å². The van der Waals surface area contributed by atoms with Crippen LogP contribution in [0.4, 0.5) is 0 Å². The third-order valence-corrected chi connectivity index (χ3v) is 2.54. The molecule has 0 N–H and O–H groups in total.